The molecule has 0 aliphatic carbocycles. The molecule has 36 heavy (non-hydrogen) atoms. The Morgan fingerprint density at radius 3 is 1.94 bits per heavy atom. The number of hydrogen-bond acceptors (Lipinski definition) is 5. The highest BCUT2D eigenvalue weighted by atomic mass is 32.2. The van der Waals surface area contributed by atoms with Gasteiger partial charge in [-0.3, -0.25) is 13.8 Å². The molecule has 3 aromatic rings. The van der Waals surface area contributed by atoms with E-state index in [-0.39, 0.29) is 4.90 Å². The van der Waals surface area contributed by atoms with Gasteiger partial charge >= 0.3 is 0 Å². The third-order valence-electron chi connectivity index (χ3n) is 5.88. The Hall–Kier alpha value is -3.37. The predicted molar refractivity (Wildman–Crippen MR) is 144 cm³/mol. The van der Waals surface area contributed by atoms with Crippen LogP contribution >= 0.6 is 0 Å². The molecule has 1 amide bonds. The quantitative estimate of drug-likeness (QED) is 0.446. The van der Waals surface area contributed by atoms with Gasteiger partial charge in [-0.15, -0.1) is 0 Å². The van der Waals surface area contributed by atoms with Crippen LogP contribution in [0.15, 0.2) is 65.6 Å². The fourth-order valence-electron chi connectivity index (χ4n) is 3.72. The molecule has 0 bridgehead atoms. The largest absolute Gasteiger partial charge is 0.324 e. The molecule has 0 saturated heterocycles. The van der Waals surface area contributed by atoms with Crippen molar-refractivity contribution >= 4 is 43.0 Å². The number of hydrogen-bond donors (Lipinski definition) is 2. The second-order valence-electron chi connectivity index (χ2n) is 8.94. The first-order valence-corrected chi connectivity index (χ1v) is 14.6. The minimum atomic E-state index is -3.83. The topological polar surface area (TPSA) is 113 Å². The van der Waals surface area contributed by atoms with Crippen LogP contribution in [-0.4, -0.2) is 35.0 Å². The molecule has 0 aliphatic heterocycles. The minimum Gasteiger partial charge on any atom is -0.324 e. The fourth-order valence-corrected chi connectivity index (χ4v) is 5.99. The lowest BCUT2D eigenvalue weighted by Gasteiger charge is -2.29. The molecule has 1 atom stereocenters. The highest BCUT2D eigenvalue weighted by Gasteiger charge is 2.30. The van der Waals surface area contributed by atoms with Crippen LogP contribution in [0.4, 0.5) is 17.1 Å². The number of carbonyl (C=O) groups excluding carboxylic acids is 1. The highest BCUT2D eigenvalue weighted by Crippen LogP contribution is 2.27. The Bertz CT molecular complexity index is 1500. The molecule has 0 aliphatic rings. The van der Waals surface area contributed by atoms with Gasteiger partial charge in [0, 0.05) is 11.4 Å². The number of anilines is 3. The monoisotopic (exact) mass is 529 g/mol. The maximum Gasteiger partial charge on any atom is 0.261 e. The van der Waals surface area contributed by atoms with Crippen molar-refractivity contribution in [1.82, 2.24) is 0 Å². The highest BCUT2D eigenvalue weighted by molar-refractivity contribution is 7.92. The van der Waals surface area contributed by atoms with Gasteiger partial charge < -0.3 is 5.32 Å². The van der Waals surface area contributed by atoms with Crippen LogP contribution in [0.1, 0.15) is 29.2 Å². The molecule has 0 radical (unpaired) electrons. The molecule has 8 nitrogen and oxygen atoms in total. The van der Waals surface area contributed by atoms with Gasteiger partial charge in [0.05, 0.1) is 16.8 Å². The number of nitrogens with one attached hydrogen (secondary N) is 2. The number of nitrogens with zero attached hydrogens (tertiary/aromatic N) is 1. The molecule has 0 fully saturated rings. The number of carbonyl (C=O) groups is 1. The first-order valence-electron chi connectivity index (χ1n) is 11.3. The summed E-state index contributed by atoms with van der Waals surface area (Å²) in [6, 6.07) is 15.3. The van der Waals surface area contributed by atoms with E-state index in [2.05, 4.69) is 10.0 Å². The van der Waals surface area contributed by atoms with Crippen LogP contribution in [0.25, 0.3) is 0 Å². The van der Waals surface area contributed by atoms with Crippen LogP contribution in [0, 0.1) is 27.7 Å². The van der Waals surface area contributed by atoms with Crippen molar-refractivity contribution in [3.8, 4) is 0 Å². The van der Waals surface area contributed by atoms with E-state index < -0.39 is 32.0 Å². The molecule has 192 valence electrons. The van der Waals surface area contributed by atoms with Gasteiger partial charge in [0.15, 0.2) is 0 Å². The number of amides is 1. The molecule has 0 unspecified atom stereocenters. The maximum atomic E-state index is 13.0. The Kier molecular flexibility index (Phi) is 7.80. The molecule has 10 heteroatoms. The Morgan fingerprint density at radius 1 is 0.778 bits per heavy atom. The maximum absolute atomic E-state index is 13.0. The summed E-state index contributed by atoms with van der Waals surface area (Å²) in [6.07, 6.45) is 1.06. The first-order chi connectivity index (χ1) is 16.7. The van der Waals surface area contributed by atoms with Gasteiger partial charge in [0.2, 0.25) is 15.9 Å². The van der Waals surface area contributed by atoms with Crippen molar-refractivity contribution in [3.63, 3.8) is 0 Å². The summed E-state index contributed by atoms with van der Waals surface area (Å²) in [5.41, 5.74) is 4.83. The van der Waals surface area contributed by atoms with Crippen molar-refractivity contribution in [2.45, 2.75) is 45.6 Å². The number of aryl methyl sites for hydroxylation is 4. The minimum absolute atomic E-state index is 0.0277. The van der Waals surface area contributed by atoms with Gasteiger partial charge in [0.1, 0.15) is 6.04 Å². The average molecular weight is 530 g/mol. The number of rotatable bonds is 8. The average Bonchev–Trinajstić information content (AvgIpc) is 2.78. The molecule has 2 N–H and O–H groups in total. The Balaban J connectivity index is 1.79. The third-order valence-corrected chi connectivity index (χ3v) is 8.51. The zero-order chi connectivity index (χ0) is 26.8. The molecular formula is C26H31N3O5S2. The number of benzene rings is 3. The second kappa shape index (κ2) is 10.3. The third kappa shape index (κ3) is 6.24. The lowest BCUT2D eigenvalue weighted by Crippen LogP contribution is -2.45. The van der Waals surface area contributed by atoms with Crippen molar-refractivity contribution in [3.05, 3.63) is 82.9 Å². The Labute approximate surface area is 213 Å². The van der Waals surface area contributed by atoms with Crippen molar-refractivity contribution in [1.29, 1.82) is 0 Å². The van der Waals surface area contributed by atoms with E-state index in [4.69, 9.17) is 0 Å². The lowest BCUT2D eigenvalue weighted by atomic mass is 10.1. The lowest BCUT2D eigenvalue weighted by molar-refractivity contribution is -0.116. The van der Waals surface area contributed by atoms with E-state index in [9.17, 15) is 21.6 Å². The van der Waals surface area contributed by atoms with E-state index in [0.717, 1.165) is 32.8 Å². The molecule has 0 saturated carbocycles. The van der Waals surface area contributed by atoms with Gasteiger partial charge in [-0.1, -0.05) is 18.2 Å². The van der Waals surface area contributed by atoms with Gasteiger partial charge in [-0.2, -0.15) is 0 Å². The standard InChI is InChI=1S/C26H31N3O5S2/c1-17-7-8-19(3)25(15-17)29(35(6,31)32)21(5)26(30)27-22-11-13-24(14-12-22)36(33,34)28-23-10-9-18(2)20(4)16-23/h7-16,21,28H,1-6H3,(H,27,30)/t21-/m0/s1. The molecule has 3 rings (SSSR count). The zero-order valence-electron chi connectivity index (χ0n) is 21.2. The smallest absolute Gasteiger partial charge is 0.261 e. The summed E-state index contributed by atoms with van der Waals surface area (Å²) in [6.45, 7) is 8.97. The van der Waals surface area contributed by atoms with E-state index in [1.54, 1.807) is 31.2 Å². The summed E-state index contributed by atoms with van der Waals surface area (Å²) in [7, 11) is -7.60. The molecule has 0 spiro atoms. The van der Waals surface area contributed by atoms with Crippen molar-refractivity contribution in [2.75, 3.05) is 20.6 Å². The molecule has 0 heterocycles. The summed E-state index contributed by atoms with van der Waals surface area (Å²) >= 11 is 0. The predicted octanol–water partition coefficient (Wildman–Crippen LogP) is 4.51. The van der Waals surface area contributed by atoms with Crippen LogP contribution in [0.2, 0.25) is 0 Å². The van der Waals surface area contributed by atoms with Gasteiger partial charge in [-0.25, -0.2) is 16.8 Å². The van der Waals surface area contributed by atoms with Crippen molar-refractivity contribution in [2.24, 2.45) is 0 Å². The second-order valence-corrected chi connectivity index (χ2v) is 12.5. The Morgan fingerprint density at radius 2 is 1.36 bits per heavy atom. The molecule has 3 aromatic carbocycles. The van der Waals surface area contributed by atoms with Crippen LogP contribution < -0.4 is 14.3 Å². The SMILES string of the molecule is Cc1ccc(C)c(N([C@@H](C)C(=O)Nc2ccc(S(=O)(=O)Nc3ccc(C)c(C)c3)cc2)S(C)(=O)=O)c1. The van der Waals surface area contributed by atoms with Crippen molar-refractivity contribution < 1.29 is 21.6 Å². The molecular weight excluding hydrogens is 498 g/mol. The summed E-state index contributed by atoms with van der Waals surface area (Å²) in [5.74, 6) is -0.551. The van der Waals surface area contributed by atoms with E-state index in [1.807, 2.05) is 32.9 Å². The van der Waals surface area contributed by atoms with E-state index >= 15 is 0 Å². The normalized spacial score (nSPS) is 12.6. The molecule has 0 aromatic heterocycles. The van der Waals surface area contributed by atoms with E-state index in [0.29, 0.717) is 17.1 Å². The van der Waals surface area contributed by atoms with Crippen LogP contribution in [0.5, 0.6) is 0 Å². The number of sulfonamides is 2. The first kappa shape index (κ1) is 27.2. The summed E-state index contributed by atoms with van der Waals surface area (Å²) < 4.78 is 54.4. The summed E-state index contributed by atoms with van der Waals surface area (Å²) in [5, 5.41) is 2.68. The van der Waals surface area contributed by atoms with Crippen LogP contribution in [0.3, 0.4) is 0 Å². The summed E-state index contributed by atoms with van der Waals surface area (Å²) in [4.78, 5) is 13.0. The van der Waals surface area contributed by atoms with Gasteiger partial charge in [-0.05, 0) is 99.3 Å². The fraction of sp³-hybridized carbons (Fsp3) is 0.269. The van der Waals surface area contributed by atoms with Crippen LogP contribution in [-0.2, 0) is 24.8 Å². The zero-order valence-corrected chi connectivity index (χ0v) is 22.8. The van der Waals surface area contributed by atoms with E-state index in [1.165, 1.54) is 31.2 Å². The van der Waals surface area contributed by atoms with Gasteiger partial charge in [0.25, 0.3) is 10.0 Å².